The molecule has 2 saturated heterocycles. The maximum absolute atomic E-state index is 11.4. The number of ether oxygens (including phenoxy) is 2. The Kier molecular flexibility index (Phi) is 11.9. The van der Waals surface area contributed by atoms with E-state index in [0.717, 1.165) is 38.5 Å². The Labute approximate surface area is 261 Å². The van der Waals surface area contributed by atoms with E-state index in [1.807, 2.05) is 36.4 Å². The van der Waals surface area contributed by atoms with Crippen LogP contribution in [-0.2, 0) is 27.1 Å². The van der Waals surface area contributed by atoms with Crippen LogP contribution < -0.4 is 0 Å². The van der Waals surface area contributed by atoms with Crippen LogP contribution in [0.25, 0.3) is 0 Å². The fourth-order valence-electron chi connectivity index (χ4n) is 7.93. The molecule has 11 atom stereocenters. The first-order chi connectivity index (χ1) is 21.3. The summed E-state index contributed by atoms with van der Waals surface area (Å²) in [5.41, 5.74) is 2.48. The molecule has 6 rings (SSSR count). The van der Waals surface area contributed by atoms with Crippen LogP contribution in [0.5, 0.6) is 0 Å². The number of esters is 1. The highest BCUT2D eigenvalue weighted by molar-refractivity contribution is 5.72. The van der Waals surface area contributed by atoms with Crippen LogP contribution in [0.3, 0.4) is 0 Å². The summed E-state index contributed by atoms with van der Waals surface area (Å²) in [5, 5.41) is 50.2. The van der Waals surface area contributed by atoms with Crippen LogP contribution in [0.1, 0.15) is 75.3 Å². The van der Waals surface area contributed by atoms with Gasteiger partial charge in [-0.25, -0.2) is 0 Å². The summed E-state index contributed by atoms with van der Waals surface area (Å²) in [6, 6.07) is 20.3. The standard InChI is InChI=1S/C18H26O4.C18H24O4/c2*19-13(7-6-12-4-2-1-3-5-12)8-9-14-15-10-18(21)22-17(15)11-16(14)20/h1-5,13-21H,6-11H2;1-5,13-17,19-20H,6-11H2/t13-,14+,15+,16+,17-,18?;13-,14+,15+,16+,17-/m00/s1. The molecule has 8 heteroatoms. The first-order valence-corrected chi connectivity index (χ1v) is 16.6. The van der Waals surface area contributed by atoms with Crippen LogP contribution in [0.4, 0.5) is 0 Å². The molecule has 4 fully saturated rings. The molecule has 2 aromatic rings. The normalized spacial score (nSPS) is 33.7. The first kappa shape index (κ1) is 33.0. The van der Waals surface area contributed by atoms with Crippen molar-refractivity contribution in [2.45, 2.75) is 120 Å². The lowest BCUT2D eigenvalue weighted by molar-refractivity contribution is -0.141. The number of rotatable bonds is 12. The molecule has 2 aromatic carbocycles. The SMILES string of the molecule is O=C1C[C@@H]2[C@@H](CC[C@@H](O)CCc3ccccc3)[C@H](O)C[C@@H]2O1.OC1C[C@@H]2[C@@H](CC[C@@H](O)CCc3ccccc3)[C@H](O)C[C@@H]2O1. The van der Waals surface area contributed by atoms with E-state index in [9.17, 15) is 30.3 Å². The van der Waals surface area contributed by atoms with Crippen molar-refractivity contribution >= 4 is 5.97 Å². The highest BCUT2D eigenvalue weighted by Crippen LogP contribution is 2.45. The lowest BCUT2D eigenvalue weighted by Gasteiger charge is -2.21. The van der Waals surface area contributed by atoms with Gasteiger partial charge in [-0.2, -0.15) is 0 Å². The minimum Gasteiger partial charge on any atom is -0.462 e. The third kappa shape index (κ3) is 8.89. The molecule has 8 nitrogen and oxygen atoms in total. The second-order valence-corrected chi connectivity index (χ2v) is 13.4. The molecule has 2 heterocycles. The third-order valence-electron chi connectivity index (χ3n) is 10.4. The minimum atomic E-state index is -0.673. The molecule has 5 N–H and O–H groups in total. The average molecular weight is 611 g/mol. The van der Waals surface area contributed by atoms with Gasteiger partial charge in [-0.15, -0.1) is 0 Å². The number of hydrogen-bond donors (Lipinski definition) is 5. The van der Waals surface area contributed by atoms with Crippen molar-refractivity contribution in [1.82, 2.24) is 0 Å². The van der Waals surface area contributed by atoms with Gasteiger partial charge in [0.15, 0.2) is 6.29 Å². The van der Waals surface area contributed by atoms with Gasteiger partial charge in [-0.1, -0.05) is 60.7 Å². The Balaban J connectivity index is 0.000000175. The summed E-state index contributed by atoms with van der Waals surface area (Å²) in [6.45, 7) is 0. The predicted molar refractivity (Wildman–Crippen MR) is 165 cm³/mol. The van der Waals surface area contributed by atoms with Crippen molar-refractivity contribution in [3.8, 4) is 0 Å². The van der Waals surface area contributed by atoms with E-state index in [-0.39, 0.29) is 60.2 Å². The number of fused-ring (bicyclic) bond motifs is 2. The van der Waals surface area contributed by atoms with E-state index in [1.165, 1.54) is 11.1 Å². The lowest BCUT2D eigenvalue weighted by Crippen LogP contribution is -2.22. The minimum absolute atomic E-state index is 0.00328. The molecule has 4 aliphatic rings. The summed E-state index contributed by atoms with van der Waals surface area (Å²) >= 11 is 0. The molecule has 0 spiro atoms. The van der Waals surface area contributed by atoms with Crippen molar-refractivity contribution < 1.29 is 39.8 Å². The Bertz CT molecular complexity index is 1150. The van der Waals surface area contributed by atoms with E-state index >= 15 is 0 Å². The Morgan fingerprint density at radius 2 is 1.16 bits per heavy atom. The zero-order chi connectivity index (χ0) is 31.1. The molecule has 0 bridgehead atoms. The Morgan fingerprint density at radius 1 is 0.659 bits per heavy atom. The monoisotopic (exact) mass is 610 g/mol. The number of aryl methyl sites for hydroxylation is 2. The van der Waals surface area contributed by atoms with Gasteiger partial charge in [-0.05, 0) is 80.2 Å². The average Bonchev–Trinajstić information content (AvgIpc) is 3.72. The van der Waals surface area contributed by atoms with Gasteiger partial charge in [0.2, 0.25) is 0 Å². The van der Waals surface area contributed by atoms with Crippen molar-refractivity contribution in [3.05, 3.63) is 71.8 Å². The Hall–Kier alpha value is -2.33. The van der Waals surface area contributed by atoms with Gasteiger partial charge in [0, 0.05) is 25.2 Å². The summed E-state index contributed by atoms with van der Waals surface area (Å²) in [6.07, 6.45) is 6.15. The Morgan fingerprint density at radius 3 is 1.70 bits per heavy atom. The van der Waals surface area contributed by atoms with Crippen molar-refractivity contribution in [1.29, 1.82) is 0 Å². The van der Waals surface area contributed by atoms with Gasteiger partial charge in [0.1, 0.15) is 6.10 Å². The van der Waals surface area contributed by atoms with Gasteiger partial charge >= 0.3 is 5.97 Å². The lowest BCUT2D eigenvalue weighted by atomic mass is 9.86. The molecule has 0 amide bonds. The number of aliphatic hydroxyl groups excluding tert-OH is 5. The maximum atomic E-state index is 11.4. The zero-order valence-corrected chi connectivity index (χ0v) is 25.6. The quantitative estimate of drug-likeness (QED) is 0.228. The molecule has 0 aromatic heterocycles. The van der Waals surface area contributed by atoms with Crippen LogP contribution in [0.2, 0.25) is 0 Å². The predicted octanol–water partition coefficient (Wildman–Crippen LogP) is 3.94. The van der Waals surface area contributed by atoms with E-state index in [2.05, 4.69) is 24.3 Å². The molecule has 242 valence electrons. The van der Waals surface area contributed by atoms with Gasteiger partial charge in [0.25, 0.3) is 0 Å². The number of hydrogen-bond acceptors (Lipinski definition) is 8. The molecule has 44 heavy (non-hydrogen) atoms. The number of benzene rings is 2. The molecule has 1 unspecified atom stereocenters. The van der Waals surface area contributed by atoms with Crippen molar-refractivity contribution in [2.24, 2.45) is 23.7 Å². The number of carbonyl (C=O) groups excluding carboxylic acids is 1. The first-order valence-electron chi connectivity index (χ1n) is 16.6. The summed E-state index contributed by atoms with van der Waals surface area (Å²) in [7, 11) is 0. The van der Waals surface area contributed by atoms with E-state index in [0.29, 0.717) is 38.5 Å². The fourth-order valence-corrected chi connectivity index (χ4v) is 7.93. The van der Waals surface area contributed by atoms with E-state index in [4.69, 9.17) is 9.47 Å². The molecular formula is C36H50O8. The second kappa shape index (κ2) is 15.8. The highest BCUT2D eigenvalue weighted by atomic mass is 16.6. The smallest absolute Gasteiger partial charge is 0.306 e. The molecule has 2 saturated carbocycles. The van der Waals surface area contributed by atoms with E-state index in [1.54, 1.807) is 0 Å². The summed E-state index contributed by atoms with van der Waals surface area (Å²) in [4.78, 5) is 11.4. The van der Waals surface area contributed by atoms with Crippen molar-refractivity contribution in [2.75, 3.05) is 0 Å². The van der Waals surface area contributed by atoms with Crippen molar-refractivity contribution in [3.63, 3.8) is 0 Å². The number of carbonyl (C=O) groups is 1. The molecule has 0 radical (unpaired) electrons. The van der Waals surface area contributed by atoms with Gasteiger partial charge < -0.3 is 35.0 Å². The molecular weight excluding hydrogens is 560 g/mol. The fraction of sp³-hybridized carbons (Fsp3) is 0.639. The van der Waals surface area contributed by atoms with Crippen LogP contribution in [0, 0.1) is 23.7 Å². The van der Waals surface area contributed by atoms with Crippen LogP contribution in [0.15, 0.2) is 60.7 Å². The highest BCUT2D eigenvalue weighted by Gasteiger charge is 2.49. The summed E-state index contributed by atoms with van der Waals surface area (Å²) in [5.74, 6) is 0.475. The topological polar surface area (TPSA) is 137 Å². The van der Waals surface area contributed by atoms with Crippen LogP contribution in [-0.4, -0.2) is 74.4 Å². The number of aliphatic hydroxyl groups is 5. The van der Waals surface area contributed by atoms with Gasteiger partial charge in [0.05, 0.1) is 36.9 Å². The van der Waals surface area contributed by atoms with E-state index < -0.39 is 12.4 Å². The summed E-state index contributed by atoms with van der Waals surface area (Å²) < 4.78 is 10.7. The second-order valence-electron chi connectivity index (χ2n) is 13.4. The largest absolute Gasteiger partial charge is 0.462 e. The maximum Gasteiger partial charge on any atom is 0.306 e. The van der Waals surface area contributed by atoms with Gasteiger partial charge in [-0.3, -0.25) is 4.79 Å². The van der Waals surface area contributed by atoms with Crippen LogP contribution >= 0.6 is 0 Å². The zero-order valence-electron chi connectivity index (χ0n) is 25.6. The molecule has 2 aliphatic heterocycles. The third-order valence-corrected chi connectivity index (χ3v) is 10.4. The molecule has 2 aliphatic carbocycles.